The van der Waals surface area contributed by atoms with E-state index in [4.69, 9.17) is 0 Å². The molecule has 1 atom stereocenters. The van der Waals surface area contributed by atoms with E-state index in [9.17, 15) is 0 Å². The molecule has 2 nitrogen and oxygen atoms in total. The number of aromatic amines is 1. The lowest BCUT2D eigenvalue weighted by Crippen LogP contribution is -2.24. The van der Waals surface area contributed by atoms with Gasteiger partial charge in [0.25, 0.3) is 0 Å². The van der Waals surface area contributed by atoms with Gasteiger partial charge >= 0.3 is 0 Å². The van der Waals surface area contributed by atoms with Gasteiger partial charge in [-0.15, -0.1) is 0 Å². The summed E-state index contributed by atoms with van der Waals surface area (Å²) in [5.41, 5.74) is 7.20. The molecule has 0 radical (unpaired) electrons. The Morgan fingerprint density at radius 1 is 1.33 bits per heavy atom. The largest absolute Gasteiger partial charge is 0.358 e. The van der Waals surface area contributed by atoms with Gasteiger partial charge in [-0.3, -0.25) is 0 Å². The van der Waals surface area contributed by atoms with Crippen LogP contribution in [0.3, 0.4) is 0 Å². The van der Waals surface area contributed by atoms with Crippen molar-refractivity contribution >= 4 is 10.9 Å². The maximum Gasteiger partial charge on any atom is 0.0491 e. The highest BCUT2D eigenvalue weighted by molar-refractivity contribution is 5.88. The van der Waals surface area contributed by atoms with Gasteiger partial charge in [0.05, 0.1) is 0 Å². The number of H-pyrrole nitrogens is 1. The molecular formula is C16H22N2. The van der Waals surface area contributed by atoms with Gasteiger partial charge in [-0.2, -0.15) is 0 Å². The molecule has 0 aliphatic heterocycles. The van der Waals surface area contributed by atoms with E-state index in [2.05, 4.69) is 43.3 Å². The van der Waals surface area contributed by atoms with Crippen LogP contribution in [0.25, 0.3) is 10.9 Å². The van der Waals surface area contributed by atoms with E-state index in [0.29, 0.717) is 0 Å². The fourth-order valence-corrected chi connectivity index (χ4v) is 3.27. The van der Waals surface area contributed by atoms with Gasteiger partial charge in [-0.05, 0) is 69.3 Å². The summed E-state index contributed by atoms with van der Waals surface area (Å²) < 4.78 is 0. The van der Waals surface area contributed by atoms with Crippen molar-refractivity contribution in [3.05, 3.63) is 34.5 Å². The summed E-state index contributed by atoms with van der Waals surface area (Å²) in [4.78, 5) is 3.67. The maximum absolute atomic E-state index is 3.67. The van der Waals surface area contributed by atoms with Crippen LogP contribution in [-0.2, 0) is 12.8 Å². The smallest absolute Gasteiger partial charge is 0.0491 e. The summed E-state index contributed by atoms with van der Waals surface area (Å²) in [6, 6.07) is 4.56. The average molecular weight is 242 g/mol. The van der Waals surface area contributed by atoms with Crippen LogP contribution in [0.1, 0.15) is 28.8 Å². The molecule has 1 aliphatic carbocycles. The topological polar surface area (TPSA) is 27.8 Å². The highest BCUT2D eigenvalue weighted by Gasteiger charge is 2.22. The third-order valence-electron chi connectivity index (χ3n) is 4.49. The summed E-state index contributed by atoms with van der Waals surface area (Å²) in [6.45, 7) is 5.56. The molecule has 0 saturated carbocycles. The molecule has 0 amide bonds. The molecular weight excluding hydrogens is 220 g/mol. The zero-order chi connectivity index (χ0) is 12.7. The number of hydrogen-bond donors (Lipinski definition) is 2. The number of aromatic nitrogens is 1. The Labute approximate surface area is 109 Å². The van der Waals surface area contributed by atoms with Crippen molar-refractivity contribution in [2.75, 3.05) is 13.6 Å². The Kier molecular flexibility index (Phi) is 2.90. The molecule has 2 N–H and O–H groups in total. The molecule has 1 aromatic carbocycles. The SMILES string of the molecule is CNCC1CCc2[nH]c3c(C)c(C)ccc3c2C1. The van der Waals surface area contributed by atoms with E-state index in [-0.39, 0.29) is 0 Å². The van der Waals surface area contributed by atoms with E-state index in [1.807, 2.05) is 0 Å². The minimum atomic E-state index is 0.795. The standard InChI is InChI=1S/C16H22N2/c1-10-4-6-13-14-8-12(9-17-3)5-7-15(14)18-16(13)11(10)2/h4,6,12,17-18H,5,7-9H2,1-3H3. The first kappa shape index (κ1) is 11.8. The van der Waals surface area contributed by atoms with Gasteiger partial charge in [0.1, 0.15) is 0 Å². The predicted octanol–water partition coefficient (Wildman–Crippen LogP) is 3.11. The Bertz CT molecular complexity index is 580. The van der Waals surface area contributed by atoms with Crippen LogP contribution >= 0.6 is 0 Å². The van der Waals surface area contributed by atoms with Gasteiger partial charge in [0, 0.05) is 16.6 Å². The van der Waals surface area contributed by atoms with Gasteiger partial charge in [0.2, 0.25) is 0 Å². The monoisotopic (exact) mass is 242 g/mol. The molecule has 96 valence electrons. The normalized spacial score (nSPS) is 19.2. The lowest BCUT2D eigenvalue weighted by atomic mass is 9.86. The van der Waals surface area contributed by atoms with Crippen LogP contribution in [0.15, 0.2) is 12.1 Å². The predicted molar refractivity (Wildman–Crippen MR) is 77.2 cm³/mol. The second-order valence-corrected chi connectivity index (χ2v) is 5.68. The van der Waals surface area contributed by atoms with Gasteiger partial charge in [-0.1, -0.05) is 12.1 Å². The molecule has 0 saturated heterocycles. The highest BCUT2D eigenvalue weighted by atomic mass is 14.8. The third-order valence-corrected chi connectivity index (χ3v) is 4.49. The molecule has 1 aliphatic rings. The number of benzene rings is 1. The Hall–Kier alpha value is -1.28. The van der Waals surface area contributed by atoms with Gasteiger partial charge in [0.15, 0.2) is 0 Å². The summed E-state index contributed by atoms with van der Waals surface area (Å²) >= 11 is 0. The maximum atomic E-state index is 3.67. The molecule has 0 spiro atoms. The Balaban J connectivity index is 2.08. The number of aryl methyl sites for hydroxylation is 3. The number of hydrogen-bond acceptors (Lipinski definition) is 1. The molecule has 1 heterocycles. The van der Waals surface area contributed by atoms with Crippen LogP contribution < -0.4 is 5.32 Å². The molecule has 3 rings (SSSR count). The molecule has 0 bridgehead atoms. The third kappa shape index (κ3) is 1.76. The van der Waals surface area contributed by atoms with Gasteiger partial charge in [-0.25, -0.2) is 0 Å². The molecule has 1 aromatic heterocycles. The molecule has 1 unspecified atom stereocenters. The van der Waals surface area contributed by atoms with E-state index >= 15 is 0 Å². The first-order chi connectivity index (χ1) is 8.70. The Morgan fingerprint density at radius 2 is 2.17 bits per heavy atom. The second kappa shape index (κ2) is 4.43. The summed E-state index contributed by atoms with van der Waals surface area (Å²) in [7, 11) is 2.05. The van der Waals surface area contributed by atoms with Crippen molar-refractivity contribution < 1.29 is 0 Å². The van der Waals surface area contributed by atoms with Gasteiger partial charge < -0.3 is 10.3 Å². The van der Waals surface area contributed by atoms with Crippen LogP contribution in [0.2, 0.25) is 0 Å². The van der Waals surface area contributed by atoms with Crippen molar-refractivity contribution in [3.8, 4) is 0 Å². The lowest BCUT2D eigenvalue weighted by molar-refractivity contribution is 0.439. The van der Waals surface area contributed by atoms with E-state index in [1.54, 1.807) is 5.56 Å². The lowest BCUT2D eigenvalue weighted by Gasteiger charge is -2.22. The summed E-state index contributed by atoms with van der Waals surface area (Å²) in [5.74, 6) is 0.795. The van der Waals surface area contributed by atoms with E-state index in [1.165, 1.54) is 47.0 Å². The average Bonchev–Trinajstić information content (AvgIpc) is 2.73. The molecule has 0 fully saturated rings. The number of nitrogens with one attached hydrogen (secondary N) is 2. The molecule has 2 heteroatoms. The zero-order valence-corrected chi connectivity index (χ0v) is 11.6. The number of fused-ring (bicyclic) bond motifs is 3. The van der Waals surface area contributed by atoms with Crippen molar-refractivity contribution in [2.45, 2.75) is 33.1 Å². The minimum absolute atomic E-state index is 0.795. The van der Waals surface area contributed by atoms with E-state index in [0.717, 1.165) is 12.5 Å². The van der Waals surface area contributed by atoms with Crippen LogP contribution in [0, 0.1) is 19.8 Å². The fraction of sp³-hybridized carbons (Fsp3) is 0.500. The van der Waals surface area contributed by atoms with Crippen LogP contribution in [-0.4, -0.2) is 18.6 Å². The second-order valence-electron chi connectivity index (χ2n) is 5.68. The van der Waals surface area contributed by atoms with Crippen molar-refractivity contribution in [1.82, 2.24) is 10.3 Å². The zero-order valence-electron chi connectivity index (χ0n) is 11.6. The number of rotatable bonds is 2. The summed E-state index contributed by atoms with van der Waals surface area (Å²) in [6.07, 6.45) is 3.73. The first-order valence-corrected chi connectivity index (χ1v) is 6.95. The Morgan fingerprint density at radius 3 is 2.94 bits per heavy atom. The summed E-state index contributed by atoms with van der Waals surface area (Å²) in [5, 5.41) is 4.77. The molecule has 18 heavy (non-hydrogen) atoms. The minimum Gasteiger partial charge on any atom is -0.358 e. The van der Waals surface area contributed by atoms with Crippen LogP contribution in [0.5, 0.6) is 0 Å². The highest BCUT2D eigenvalue weighted by Crippen LogP contribution is 2.33. The molecule has 2 aromatic rings. The van der Waals surface area contributed by atoms with E-state index < -0.39 is 0 Å². The first-order valence-electron chi connectivity index (χ1n) is 6.95. The van der Waals surface area contributed by atoms with Crippen LogP contribution in [0.4, 0.5) is 0 Å². The fourth-order valence-electron chi connectivity index (χ4n) is 3.27. The quantitative estimate of drug-likeness (QED) is 0.832. The van der Waals surface area contributed by atoms with Crippen molar-refractivity contribution in [1.29, 1.82) is 0 Å². The van der Waals surface area contributed by atoms with Crippen molar-refractivity contribution in [3.63, 3.8) is 0 Å². The van der Waals surface area contributed by atoms with Crippen molar-refractivity contribution in [2.24, 2.45) is 5.92 Å².